The summed E-state index contributed by atoms with van der Waals surface area (Å²) in [7, 11) is 0. The van der Waals surface area contributed by atoms with Crippen molar-refractivity contribution < 1.29 is 14.3 Å². The highest BCUT2D eigenvalue weighted by Gasteiger charge is 2.26. The summed E-state index contributed by atoms with van der Waals surface area (Å²) >= 11 is 0. The van der Waals surface area contributed by atoms with Crippen LogP contribution in [0, 0.1) is 0 Å². The molecule has 5 heteroatoms. The second kappa shape index (κ2) is 3.36. The number of hydrogen-bond donors (Lipinski definition) is 1. The lowest BCUT2D eigenvalue weighted by molar-refractivity contribution is 0.133. The van der Waals surface area contributed by atoms with Crippen molar-refractivity contribution in [3.63, 3.8) is 0 Å². The van der Waals surface area contributed by atoms with Crippen LogP contribution in [0.5, 0.6) is 0 Å². The van der Waals surface area contributed by atoms with Gasteiger partial charge in [0.15, 0.2) is 0 Å². The molecule has 0 aromatic heterocycles. The molecular formula is C6H10N2O3. The summed E-state index contributed by atoms with van der Waals surface area (Å²) in [5.41, 5.74) is 0. The smallest absolute Gasteiger partial charge is 0.418 e. The van der Waals surface area contributed by atoms with E-state index >= 15 is 0 Å². The molecule has 1 aliphatic rings. The molecular weight excluding hydrogens is 148 g/mol. The molecule has 0 aromatic rings. The van der Waals surface area contributed by atoms with Crippen molar-refractivity contribution in [2.45, 2.75) is 6.10 Å². The Morgan fingerprint density at radius 1 is 2.00 bits per heavy atom. The number of carbonyl (C=O) groups is 1. The van der Waals surface area contributed by atoms with Gasteiger partial charge in [0.1, 0.15) is 6.10 Å². The first-order chi connectivity index (χ1) is 5.24. The Balaban J connectivity index is 2.20. The molecule has 0 radical (unpaired) electrons. The Labute approximate surface area is 64.3 Å². The van der Waals surface area contributed by atoms with E-state index in [2.05, 4.69) is 11.3 Å². The van der Waals surface area contributed by atoms with E-state index < -0.39 is 6.09 Å². The minimum Gasteiger partial charge on any atom is -0.418 e. The molecule has 1 amide bonds. The highest BCUT2D eigenvalue weighted by atomic mass is 16.6. The van der Waals surface area contributed by atoms with Crippen LogP contribution in [0.2, 0.25) is 0 Å². The number of nitrogens with zero attached hydrogens (tertiary/aromatic N) is 1. The van der Waals surface area contributed by atoms with Crippen LogP contribution in [0.1, 0.15) is 0 Å². The van der Waals surface area contributed by atoms with E-state index in [1.54, 1.807) is 0 Å². The topological polar surface area (TPSA) is 68.1 Å². The third-order valence-electron chi connectivity index (χ3n) is 1.22. The molecule has 1 fully saturated rings. The van der Waals surface area contributed by atoms with Crippen LogP contribution in [-0.4, -0.2) is 30.4 Å². The van der Waals surface area contributed by atoms with Crippen LogP contribution < -0.4 is 5.84 Å². The first kappa shape index (κ1) is 8.03. The van der Waals surface area contributed by atoms with E-state index in [-0.39, 0.29) is 6.10 Å². The Bertz CT molecular complexity index is 167. The highest BCUT2D eigenvalue weighted by Crippen LogP contribution is 2.09. The van der Waals surface area contributed by atoms with E-state index in [1.165, 1.54) is 0 Å². The number of epoxide rings is 1. The Morgan fingerprint density at radius 3 is 3.09 bits per heavy atom. The molecule has 2 N–H and O–H groups in total. The van der Waals surface area contributed by atoms with Crippen molar-refractivity contribution in [2.75, 3.05) is 13.2 Å². The van der Waals surface area contributed by atoms with E-state index in [0.717, 1.165) is 11.3 Å². The minimum absolute atomic E-state index is 0.0809. The molecule has 1 saturated heterocycles. The number of rotatable bonds is 3. The first-order valence-corrected chi connectivity index (χ1v) is 3.19. The molecule has 1 heterocycles. The van der Waals surface area contributed by atoms with Gasteiger partial charge in [-0.25, -0.2) is 15.6 Å². The summed E-state index contributed by atoms with van der Waals surface area (Å²) in [6.45, 7) is 4.25. The lowest BCUT2D eigenvalue weighted by atomic mass is 10.5. The quantitative estimate of drug-likeness (QED) is 0.204. The fourth-order valence-electron chi connectivity index (χ4n) is 0.606. The predicted molar refractivity (Wildman–Crippen MR) is 37.3 cm³/mol. The summed E-state index contributed by atoms with van der Waals surface area (Å²) in [5.74, 6) is 5.28. The Kier molecular flexibility index (Phi) is 2.45. The summed E-state index contributed by atoms with van der Waals surface area (Å²) in [6.07, 6.45) is 0.503. The molecule has 0 aliphatic carbocycles. The number of hydrazine groups is 1. The van der Waals surface area contributed by atoms with Gasteiger partial charge >= 0.3 is 6.09 Å². The molecule has 0 spiro atoms. The first-order valence-electron chi connectivity index (χ1n) is 3.19. The summed E-state index contributed by atoms with van der Waals surface area (Å²) in [4.78, 5) is 10.8. The summed E-state index contributed by atoms with van der Waals surface area (Å²) < 4.78 is 9.25. The van der Waals surface area contributed by atoms with E-state index in [0.29, 0.717) is 13.2 Å². The van der Waals surface area contributed by atoms with Crippen LogP contribution in [0.4, 0.5) is 4.79 Å². The zero-order chi connectivity index (χ0) is 8.27. The molecule has 0 aromatic carbocycles. The van der Waals surface area contributed by atoms with Crippen LogP contribution in [0.3, 0.4) is 0 Å². The lowest BCUT2D eigenvalue weighted by Crippen LogP contribution is -2.39. The number of amides is 1. The zero-order valence-corrected chi connectivity index (χ0v) is 6.03. The van der Waals surface area contributed by atoms with Gasteiger partial charge in [0.25, 0.3) is 0 Å². The predicted octanol–water partition coefficient (Wildman–Crippen LogP) is -0.159. The van der Waals surface area contributed by atoms with Crippen molar-refractivity contribution in [1.82, 2.24) is 5.01 Å². The summed E-state index contributed by atoms with van der Waals surface area (Å²) in [5, 5.41) is 0.958. The van der Waals surface area contributed by atoms with Crippen molar-refractivity contribution in [2.24, 2.45) is 5.84 Å². The van der Waals surface area contributed by atoms with Gasteiger partial charge in [-0.1, -0.05) is 6.58 Å². The lowest BCUT2D eigenvalue weighted by Gasteiger charge is -2.12. The molecule has 0 bridgehead atoms. The van der Waals surface area contributed by atoms with Gasteiger partial charge in [-0.3, -0.25) is 0 Å². The zero-order valence-electron chi connectivity index (χ0n) is 6.03. The Hall–Kier alpha value is -1.07. The molecule has 0 saturated carbocycles. The number of hydrogen-bond acceptors (Lipinski definition) is 4. The normalized spacial score (nSPS) is 20.6. The van der Waals surface area contributed by atoms with Crippen LogP contribution in [-0.2, 0) is 9.47 Å². The van der Waals surface area contributed by atoms with Gasteiger partial charge in [0, 0.05) is 0 Å². The van der Waals surface area contributed by atoms with Gasteiger partial charge in [-0.2, -0.15) is 0 Å². The number of ether oxygens (including phenoxy) is 2. The van der Waals surface area contributed by atoms with Crippen LogP contribution in [0.15, 0.2) is 12.8 Å². The van der Waals surface area contributed by atoms with E-state index in [9.17, 15) is 4.79 Å². The molecule has 1 unspecified atom stereocenters. The fourth-order valence-corrected chi connectivity index (χ4v) is 0.606. The maximum atomic E-state index is 10.8. The average molecular weight is 158 g/mol. The van der Waals surface area contributed by atoms with Gasteiger partial charge in [0.2, 0.25) is 0 Å². The van der Waals surface area contributed by atoms with Gasteiger partial charge < -0.3 is 9.47 Å². The van der Waals surface area contributed by atoms with Crippen molar-refractivity contribution in [3.8, 4) is 0 Å². The largest absolute Gasteiger partial charge is 0.428 e. The molecule has 1 aliphatic heterocycles. The molecule has 5 nitrogen and oxygen atoms in total. The third kappa shape index (κ3) is 2.57. The Morgan fingerprint density at radius 2 is 2.64 bits per heavy atom. The highest BCUT2D eigenvalue weighted by molar-refractivity contribution is 5.67. The summed E-state index contributed by atoms with van der Waals surface area (Å²) in [6, 6.07) is 0. The average Bonchev–Trinajstić information content (AvgIpc) is 2.72. The van der Waals surface area contributed by atoms with Crippen molar-refractivity contribution in [3.05, 3.63) is 12.8 Å². The minimum atomic E-state index is -0.615. The maximum absolute atomic E-state index is 10.8. The van der Waals surface area contributed by atoms with Crippen molar-refractivity contribution >= 4 is 6.09 Å². The van der Waals surface area contributed by atoms with E-state index in [4.69, 9.17) is 10.6 Å². The standard InChI is InChI=1S/C6H10N2O3/c1-2-10-6(9)8(7)3-5-4-11-5/h2,5H,1,3-4,7H2. The van der Waals surface area contributed by atoms with E-state index in [1.807, 2.05) is 0 Å². The number of carbonyl (C=O) groups excluding carboxylic acids is 1. The van der Waals surface area contributed by atoms with Gasteiger partial charge in [-0.15, -0.1) is 0 Å². The second-order valence-corrected chi connectivity index (χ2v) is 2.16. The molecule has 1 atom stereocenters. The van der Waals surface area contributed by atoms with Crippen LogP contribution in [0.25, 0.3) is 0 Å². The molecule has 1 rings (SSSR count). The maximum Gasteiger partial charge on any atom is 0.428 e. The van der Waals surface area contributed by atoms with Crippen LogP contribution >= 0.6 is 0 Å². The SMILES string of the molecule is C=COC(=O)N(N)CC1CO1. The van der Waals surface area contributed by atoms with Gasteiger partial charge in [-0.05, 0) is 0 Å². The van der Waals surface area contributed by atoms with Crippen molar-refractivity contribution in [1.29, 1.82) is 0 Å². The molecule has 11 heavy (non-hydrogen) atoms. The number of nitrogens with two attached hydrogens (primary N) is 1. The second-order valence-electron chi connectivity index (χ2n) is 2.16. The third-order valence-corrected chi connectivity index (χ3v) is 1.22. The molecule has 62 valence electrons. The monoisotopic (exact) mass is 158 g/mol. The van der Waals surface area contributed by atoms with Gasteiger partial charge in [0.05, 0.1) is 19.4 Å². The fraction of sp³-hybridized carbons (Fsp3) is 0.500.